The number of hydrogen-bond acceptors (Lipinski definition) is 4. The predicted molar refractivity (Wildman–Crippen MR) is 131 cm³/mol. The molecule has 0 saturated carbocycles. The lowest BCUT2D eigenvalue weighted by Crippen LogP contribution is -2.45. The van der Waals surface area contributed by atoms with Gasteiger partial charge in [0, 0.05) is 30.3 Å². The third-order valence-electron chi connectivity index (χ3n) is 7.44. The van der Waals surface area contributed by atoms with Gasteiger partial charge in [0.25, 0.3) is 5.91 Å². The maximum Gasteiger partial charge on any atom is 0.258 e. The molecule has 2 heterocycles. The van der Waals surface area contributed by atoms with Crippen molar-refractivity contribution in [3.8, 4) is 0 Å². The van der Waals surface area contributed by atoms with Gasteiger partial charge in [-0.05, 0) is 59.7 Å². The van der Waals surface area contributed by atoms with Gasteiger partial charge < -0.3 is 10.2 Å². The number of carbonyl (C=O) groups is 2. The standard InChI is InChI=1S/C28H28N4O2/c33-27(26-23-12-11-19-6-4-5-9-22(19)25(23)30-31-26)29-17-18-10-13-24-21(16-18)14-15-32(24)28(34)20-7-2-1-3-8-20/h1-10,13,16,23,25-26,30-31H,11-12,14-15,17H2,(H,29,33). The molecule has 6 nitrogen and oxygen atoms in total. The lowest BCUT2D eigenvalue weighted by Gasteiger charge is -2.29. The Kier molecular flexibility index (Phi) is 5.40. The first kappa shape index (κ1) is 21.1. The summed E-state index contributed by atoms with van der Waals surface area (Å²) in [6, 6.07) is 24.0. The van der Waals surface area contributed by atoms with Gasteiger partial charge in [0.05, 0.1) is 6.04 Å². The summed E-state index contributed by atoms with van der Waals surface area (Å²) in [5.41, 5.74) is 13.2. The smallest absolute Gasteiger partial charge is 0.258 e. The second-order valence-corrected chi connectivity index (χ2v) is 9.40. The van der Waals surface area contributed by atoms with Crippen molar-refractivity contribution in [3.63, 3.8) is 0 Å². The van der Waals surface area contributed by atoms with Crippen LogP contribution in [0.1, 0.15) is 45.1 Å². The van der Waals surface area contributed by atoms with E-state index >= 15 is 0 Å². The summed E-state index contributed by atoms with van der Waals surface area (Å²) >= 11 is 0. The highest BCUT2D eigenvalue weighted by Gasteiger charge is 2.43. The first-order valence-corrected chi connectivity index (χ1v) is 12.0. The summed E-state index contributed by atoms with van der Waals surface area (Å²) in [7, 11) is 0. The van der Waals surface area contributed by atoms with Crippen molar-refractivity contribution in [1.82, 2.24) is 16.2 Å². The average molecular weight is 453 g/mol. The molecule has 172 valence electrons. The minimum absolute atomic E-state index is 0.0285. The van der Waals surface area contributed by atoms with Gasteiger partial charge in [0.2, 0.25) is 5.91 Å². The van der Waals surface area contributed by atoms with Crippen molar-refractivity contribution in [2.75, 3.05) is 11.4 Å². The van der Waals surface area contributed by atoms with Crippen LogP contribution < -0.4 is 21.1 Å². The molecule has 0 spiro atoms. The number of hydrazine groups is 1. The Bertz CT molecular complexity index is 1240. The molecular weight excluding hydrogens is 424 g/mol. The molecule has 1 aliphatic carbocycles. The van der Waals surface area contributed by atoms with Crippen LogP contribution >= 0.6 is 0 Å². The first-order chi connectivity index (χ1) is 16.7. The summed E-state index contributed by atoms with van der Waals surface area (Å²) < 4.78 is 0. The van der Waals surface area contributed by atoms with Gasteiger partial charge >= 0.3 is 0 Å². The van der Waals surface area contributed by atoms with E-state index in [1.807, 2.05) is 47.4 Å². The number of aryl methyl sites for hydroxylation is 1. The minimum Gasteiger partial charge on any atom is -0.351 e. The lowest BCUT2D eigenvalue weighted by atomic mass is 9.77. The van der Waals surface area contributed by atoms with Crippen LogP contribution in [0.25, 0.3) is 0 Å². The second-order valence-electron chi connectivity index (χ2n) is 9.40. The molecule has 0 bridgehead atoms. The Labute approximate surface area is 199 Å². The van der Waals surface area contributed by atoms with Gasteiger partial charge in [0.15, 0.2) is 0 Å². The van der Waals surface area contributed by atoms with Crippen LogP contribution in [0.2, 0.25) is 0 Å². The highest BCUT2D eigenvalue weighted by atomic mass is 16.2. The monoisotopic (exact) mass is 452 g/mol. The molecule has 3 unspecified atom stereocenters. The molecular formula is C28H28N4O2. The van der Waals surface area contributed by atoms with Crippen molar-refractivity contribution < 1.29 is 9.59 Å². The van der Waals surface area contributed by atoms with E-state index in [-0.39, 0.29) is 29.8 Å². The first-order valence-electron chi connectivity index (χ1n) is 12.0. The Hall–Kier alpha value is -3.48. The summed E-state index contributed by atoms with van der Waals surface area (Å²) in [5.74, 6) is 0.303. The zero-order chi connectivity index (χ0) is 23.1. The van der Waals surface area contributed by atoms with Crippen LogP contribution in [-0.4, -0.2) is 24.4 Å². The minimum atomic E-state index is -0.244. The van der Waals surface area contributed by atoms with Gasteiger partial charge in [0.1, 0.15) is 6.04 Å². The van der Waals surface area contributed by atoms with E-state index in [4.69, 9.17) is 0 Å². The van der Waals surface area contributed by atoms with Crippen molar-refractivity contribution >= 4 is 17.5 Å². The number of fused-ring (bicyclic) bond motifs is 4. The maximum atomic E-state index is 13.1. The molecule has 3 aliphatic rings. The predicted octanol–water partition coefficient (Wildman–Crippen LogP) is 3.29. The number of anilines is 1. The number of carbonyl (C=O) groups excluding carboxylic acids is 2. The van der Waals surface area contributed by atoms with Crippen LogP contribution in [0.4, 0.5) is 5.69 Å². The average Bonchev–Trinajstić information content (AvgIpc) is 3.52. The Morgan fingerprint density at radius 2 is 1.74 bits per heavy atom. The molecule has 0 radical (unpaired) electrons. The number of benzene rings is 3. The third-order valence-corrected chi connectivity index (χ3v) is 7.44. The topological polar surface area (TPSA) is 73.5 Å². The largest absolute Gasteiger partial charge is 0.351 e. The van der Waals surface area contributed by atoms with Crippen molar-refractivity contribution in [2.24, 2.45) is 5.92 Å². The third kappa shape index (κ3) is 3.69. The molecule has 1 fully saturated rings. The zero-order valence-electron chi connectivity index (χ0n) is 19.0. The fourth-order valence-corrected chi connectivity index (χ4v) is 5.69. The van der Waals surface area contributed by atoms with Gasteiger partial charge in [-0.1, -0.05) is 54.6 Å². The van der Waals surface area contributed by atoms with Gasteiger partial charge in [-0.3, -0.25) is 9.59 Å². The molecule has 2 aliphatic heterocycles. The SMILES string of the molecule is O=C(NCc1ccc2c(c1)CCN2C(=O)c1ccccc1)C1NNC2c3ccccc3CCC12. The summed E-state index contributed by atoms with van der Waals surface area (Å²) in [6.07, 6.45) is 2.82. The molecule has 3 atom stereocenters. The number of nitrogens with one attached hydrogen (secondary N) is 3. The fourth-order valence-electron chi connectivity index (χ4n) is 5.69. The zero-order valence-corrected chi connectivity index (χ0v) is 19.0. The molecule has 3 aromatic rings. The van der Waals surface area contributed by atoms with Gasteiger partial charge in [-0.15, -0.1) is 0 Å². The van der Waals surface area contributed by atoms with E-state index in [0.717, 1.165) is 36.1 Å². The van der Waals surface area contributed by atoms with Crippen LogP contribution in [0.5, 0.6) is 0 Å². The van der Waals surface area contributed by atoms with E-state index in [1.165, 1.54) is 11.1 Å². The molecule has 3 N–H and O–H groups in total. The molecule has 6 rings (SSSR count). The number of amides is 2. The van der Waals surface area contributed by atoms with Gasteiger partial charge in [-0.2, -0.15) is 0 Å². The van der Waals surface area contributed by atoms with Crippen LogP contribution in [0, 0.1) is 5.92 Å². The molecule has 6 heteroatoms. The van der Waals surface area contributed by atoms with Crippen LogP contribution in [-0.2, 0) is 24.2 Å². The molecule has 34 heavy (non-hydrogen) atoms. The van der Waals surface area contributed by atoms with E-state index in [0.29, 0.717) is 18.7 Å². The van der Waals surface area contributed by atoms with Gasteiger partial charge in [-0.25, -0.2) is 10.9 Å². The number of rotatable bonds is 4. The quantitative estimate of drug-likeness (QED) is 0.568. The Morgan fingerprint density at radius 1 is 0.912 bits per heavy atom. The summed E-state index contributed by atoms with van der Waals surface area (Å²) in [6.45, 7) is 1.16. The van der Waals surface area contributed by atoms with E-state index < -0.39 is 0 Å². The van der Waals surface area contributed by atoms with Crippen LogP contribution in [0.3, 0.4) is 0 Å². The fraction of sp³-hybridized carbons (Fsp3) is 0.286. The maximum absolute atomic E-state index is 13.1. The summed E-state index contributed by atoms with van der Waals surface area (Å²) in [4.78, 5) is 27.8. The normalized spacial score (nSPS) is 22.6. The van der Waals surface area contributed by atoms with E-state index in [2.05, 4.69) is 46.5 Å². The number of nitrogens with zero attached hydrogens (tertiary/aromatic N) is 1. The van der Waals surface area contributed by atoms with E-state index in [9.17, 15) is 9.59 Å². The molecule has 3 aromatic carbocycles. The number of hydrogen-bond donors (Lipinski definition) is 3. The Morgan fingerprint density at radius 3 is 2.62 bits per heavy atom. The molecule has 0 aromatic heterocycles. The van der Waals surface area contributed by atoms with Crippen molar-refractivity contribution in [1.29, 1.82) is 0 Å². The second kappa shape index (κ2) is 8.70. The lowest BCUT2D eigenvalue weighted by molar-refractivity contribution is -0.124. The van der Waals surface area contributed by atoms with E-state index in [1.54, 1.807) is 0 Å². The highest BCUT2D eigenvalue weighted by molar-refractivity contribution is 6.07. The summed E-state index contributed by atoms with van der Waals surface area (Å²) in [5, 5.41) is 3.13. The molecule has 1 saturated heterocycles. The van der Waals surface area contributed by atoms with Crippen LogP contribution in [0.15, 0.2) is 72.8 Å². The molecule has 2 amide bonds. The highest BCUT2D eigenvalue weighted by Crippen LogP contribution is 2.38. The van der Waals surface area contributed by atoms with Crippen molar-refractivity contribution in [3.05, 3.63) is 101 Å². The Balaban J connectivity index is 1.10. The van der Waals surface area contributed by atoms with Crippen molar-refractivity contribution in [2.45, 2.75) is 37.9 Å².